The number of anilines is 1. The van der Waals surface area contributed by atoms with E-state index in [0.29, 0.717) is 24.3 Å². The van der Waals surface area contributed by atoms with Gasteiger partial charge in [0.2, 0.25) is 0 Å². The molecule has 3 N–H and O–H groups in total. The average Bonchev–Trinajstić information content (AvgIpc) is 2.96. The zero-order valence-electron chi connectivity index (χ0n) is 11.8. The number of amides is 1. The number of carbonyl (C=O) groups excluding carboxylic acids is 1. The van der Waals surface area contributed by atoms with Crippen LogP contribution in [-0.2, 0) is 20.0 Å². The van der Waals surface area contributed by atoms with Crippen LogP contribution in [0.25, 0.3) is 0 Å². The normalized spacial score (nSPS) is 10.7. The number of nitrogens with two attached hydrogens (primary N) is 1. The van der Waals surface area contributed by atoms with Crippen molar-refractivity contribution in [2.75, 3.05) is 12.3 Å². The van der Waals surface area contributed by atoms with Crippen molar-refractivity contribution in [2.45, 2.75) is 26.3 Å². The molecule has 2 aromatic heterocycles. The first kappa shape index (κ1) is 14.1. The lowest BCUT2D eigenvalue weighted by Crippen LogP contribution is -2.28. The molecule has 0 aliphatic rings. The molecule has 0 fully saturated rings. The molecule has 0 atom stereocenters. The molecule has 2 rings (SSSR count). The summed E-state index contributed by atoms with van der Waals surface area (Å²) in [5.74, 6) is 0.599. The monoisotopic (exact) mass is 276 g/mol. The number of nitrogens with one attached hydrogen (secondary N) is 1. The van der Waals surface area contributed by atoms with Gasteiger partial charge in [-0.25, -0.2) is 4.98 Å². The van der Waals surface area contributed by atoms with Crippen LogP contribution in [0.3, 0.4) is 0 Å². The first-order valence-corrected chi connectivity index (χ1v) is 6.68. The number of nitrogens with zero attached hydrogens (tertiary/aromatic N) is 4. The Morgan fingerprint density at radius 2 is 2.30 bits per heavy atom. The first-order valence-electron chi connectivity index (χ1n) is 6.68. The fourth-order valence-electron chi connectivity index (χ4n) is 2.03. The van der Waals surface area contributed by atoms with E-state index in [1.807, 2.05) is 11.6 Å². The van der Waals surface area contributed by atoms with Crippen LogP contribution in [0.5, 0.6) is 0 Å². The highest BCUT2D eigenvalue weighted by molar-refractivity contribution is 5.93. The third-order valence-electron chi connectivity index (χ3n) is 2.90. The molecule has 7 heteroatoms. The number of hydrogen-bond acceptors (Lipinski definition) is 4. The van der Waals surface area contributed by atoms with Gasteiger partial charge in [-0.1, -0.05) is 6.92 Å². The molecule has 0 bridgehead atoms. The lowest BCUT2D eigenvalue weighted by atomic mass is 10.3. The summed E-state index contributed by atoms with van der Waals surface area (Å²) in [5.41, 5.74) is 6.95. The van der Waals surface area contributed by atoms with Crippen LogP contribution in [0.15, 0.2) is 18.6 Å². The predicted octanol–water partition coefficient (Wildman–Crippen LogP) is 0.581. The predicted molar refractivity (Wildman–Crippen MR) is 76.2 cm³/mol. The van der Waals surface area contributed by atoms with Crippen LogP contribution in [0, 0.1) is 0 Å². The Labute approximate surface area is 117 Å². The molecule has 20 heavy (non-hydrogen) atoms. The van der Waals surface area contributed by atoms with E-state index >= 15 is 0 Å². The fraction of sp³-hybridized carbons (Fsp3) is 0.462. The number of hydrogen-bond donors (Lipinski definition) is 2. The van der Waals surface area contributed by atoms with Gasteiger partial charge in [0.1, 0.15) is 12.0 Å². The molecular weight excluding hydrogens is 256 g/mol. The van der Waals surface area contributed by atoms with Crippen LogP contribution < -0.4 is 11.1 Å². The minimum Gasteiger partial charge on any atom is -0.397 e. The zero-order valence-corrected chi connectivity index (χ0v) is 11.8. The van der Waals surface area contributed by atoms with Gasteiger partial charge in [0.05, 0.1) is 5.69 Å². The Kier molecular flexibility index (Phi) is 4.39. The van der Waals surface area contributed by atoms with Crippen molar-refractivity contribution in [3.63, 3.8) is 0 Å². The Hall–Kier alpha value is -2.31. The molecular formula is C13H20N6O. The minimum absolute atomic E-state index is 0.119. The number of aromatic nitrogens is 4. The van der Waals surface area contributed by atoms with E-state index in [0.717, 1.165) is 18.8 Å². The standard InChI is InChI=1S/C13H20N6O/c1-3-6-19-8-10(14)7-11(19)13(20)15-5-4-12-16-9-18(2)17-12/h7-9H,3-6,14H2,1-2H3,(H,15,20). The molecule has 2 aromatic rings. The summed E-state index contributed by atoms with van der Waals surface area (Å²) >= 11 is 0. The van der Waals surface area contributed by atoms with Crippen LogP contribution >= 0.6 is 0 Å². The Balaban J connectivity index is 1.91. The average molecular weight is 276 g/mol. The van der Waals surface area contributed by atoms with Gasteiger partial charge in [0, 0.05) is 32.8 Å². The maximum Gasteiger partial charge on any atom is 0.267 e. The van der Waals surface area contributed by atoms with Crippen LogP contribution in [-0.4, -0.2) is 31.8 Å². The molecule has 1 amide bonds. The van der Waals surface area contributed by atoms with Gasteiger partial charge in [0.15, 0.2) is 5.82 Å². The van der Waals surface area contributed by atoms with Crippen LogP contribution in [0.4, 0.5) is 5.69 Å². The van der Waals surface area contributed by atoms with E-state index in [9.17, 15) is 4.79 Å². The highest BCUT2D eigenvalue weighted by Crippen LogP contribution is 2.11. The zero-order chi connectivity index (χ0) is 14.5. The molecule has 0 saturated heterocycles. The van der Waals surface area contributed by atoms with Gasteiger partial charge in [-0.2, -0.15) is 5.10 Å². The molecule has 7 nitrogen and oxygen atoms in total. The summed E-state index contributed by atoms with van der Waals surface area (Å²) in [6, 6.07) is 1.70. The third kappa shape index (κ3) is 3.37. The highest BCUT2D eigenvalue weighted by Gasteiger charge is 2.12. The molecule has 0 aliphatic heterocycles. The van der Waals surface area contributed by atoms with Gasteiger partial charge in [-0.05, 0) is 12.5 Å². The van der Waals surface area contributed by atoms with E-state index < -0.39 is 0 Å². The van der Waals surface area contributed by atoms with E-state index in [4.69, 9.17) is 5.73 Å². The number of carbonyl (C=O) groups is 1. The second-order valence-electron chi connectivity index (χ2n) is 4.69. The van der Waals surface area contributed by atoms with Gasteiger partial charge >= 0.3 is 0 Å². The summed E-state index contributed by atoms with van der Waals surface area (Å²) in [4.78, 5) is 16.2. The Bertz CT molecular complexity index is 585. The van der Waals surface area contributed by atoms with Crippen molar-refractivity contribution in [3.05, 3.63) is 30.1 Å². The molecule has 108 valence electrons. The summed E-state index contributed by atoms with van der Waals surface area (Å²) in [7, 11) is 1.81. The smallest absolute Gasteiger partial charge is 0.267 e. The van der Waals surface area contributed by atoms with Crippen molar-refractivity contribution < 1.29 is 4.79 Å². The summed E-state index contributed by atoms with van der Waals surface area (Å²) in [6.07, 6.45) is 4.99. The fourth-order valence-corrected chi connectivity index (χ4v) is 2.03. The minimum atomic E-state index is -0.119. The van der Waals surface area contributed by atoms with Crippen molar-refractivity contribution in [1.82, 2.24) is 24.6 Å². The van der Waals surface area contributed by atoms with Crippen molar-refractivity contribution >= 4 is 11.6 Å². The van der Waals surface area contributed by atoms with Crippen molar-refractivity contribution in [2.24, 2.45) is 7.05 Å². The molecule has 0 radical (unpaired) electrons. The maximum atomic E-state index is 12.1. The molecule has 0 aromatic carbocycles. The van der Waals surface area contributed by atoms with Gasteiger partial charge in [-0.15, -0.1) is 0 Å². The van der Waals surface area contributed by atoms with E-state index in [1.54, 1.807) is 23.3 Å². The molecule has 0 spiro atoms. The summed E-state index contributed by atoms with van der Waals surface area (Å²) < 4.78 is 3.52. The van der Waals surface area contributed by atoms with Crippen molar-refractivity contribution in [3.8, 4) is 0 Å². The van der Waals surface area contributed by atoms with E-state index in [2.05, 4.69) is 22.3 Å². The van der Waals surface area contributed by atoms with Gasteiger partial charge in [0.25, 0.3) is 5.91 Å². The summed E-state index contributed by atoms with van der Waals surface area (Å²) in [5, 5.41) is 7.02. The van der Waals surface area contributed by atoms with Crippen LogP contribution in [0.1, 0.15) is 29.7 Å². The number of nitrogen functional groups attached to an aromatic ring is 1. The second kappa shape index (κ2) is 6.23. The second-order valence-corrected chi connectivity index (χ2v) is 4.69. The Morgan fingerprint density at radius 1 is 1.50 bits per heavy atom. The molecule has 0 aliphatic carbocycles. The molecule has 0 unspecified atom stereocenters. The van der Waals surface area contributed by atoms with Crippen molar-refractivity contribution in [1.29, 1.82) is 0 Å². The Morgan fingerprint density at radius 3 is 2.95 bits per heavy atom. The topological polar surface area (TPSA) is 90.8 Å². The number of rotatable bonds is 6. The quantitative estimate of drug-likeness (QED) is 0.807. The van der Waals surface area contributed by atoms with Gasteiger partial charge < -0.3 is 15.6 Å². The van der Waals surface area contributed by atoms with E-state index in [1.165, 1.54) is 0 Å². The lowest BCUT2D eigenvalue weighted by molar-refractivity contribution is 0.0944. The summed E-state index contributed by atoms with van der Waals surface area (Å²) in [6.45, 7) is 3.34. The third-order valence-corrected chi connectivity index (χ3v) is 2.90. The highest BCUT2D eigenvalue weighted by atomic mass is 16.1. The van der Waals surface area contributed by atoms with Gasteiger partial charge in [-0.3, -0.25) is 9.48 Å². The SMILES string of the molecule is CCCn1cc(N)cc1C(=O)NCCc1ncn(C)n1. The van der Waals surface area contributed by atoms with E-state index in [-0.39, 0.29) is 5.91 Å². The molecule has 2 heterocycles. The maximum absolute atomic E-state index is 12.1. The molecule has 0 saturated carbocycles. The van der Waals surface area contributed by atoms with Crippen LogP contribution in [0.2, 0.25) is 0 Å². The lowest BCUT2D eigenvalue weighted by Gasteiger charge is -2.07. The first-order chi connectivity index (χ1) is 9.60. The number of aryl methyl sites for hydroxylation is 2. The largest absolute Gasteiger partial charge is 0.397 e.